The standard InChI is InChI=1S/C18H19N3O3S/c1-21-9-7-13-15(21)6-8-19-18(13)25-11-17(22)20-14-10-12(23-2)4-5-16(14)24-3/h4-10H,11H2,1-3H3,(H,20,22). The normalized spacial score (nSPS) is 10.7. The SMILES string of the molecule is COc1ccc(OC)c(NC(=O)CSc2nccc3c2ccn3C)c1. The zero-order chi connectivity index (χ0) is 17.8. The summed E-state index contributed by atoms with van der Waals surface area (Å²) in [6.07, 6.45) is 3.74. The van der Waals surface area contributed by atoms with E-state index in [1.165, 1.54) is 11.8 Å². The average Bonchev–Trinajstić information content (AvgIpc) is 3.01. The van der Waals surface area contributed by atoms with E-state index in [1.807, 2.05) is 29.9 Å². The Bertz CT molecular complexity index is 908. The largest absolute Gasteiger partial charge is 0.497 e. The summed E-state index contributed by atoms with van der Waals surface area (Å²) in [4.78, 5) is 16.7. The van der Waals surface area contributed by atoms with Gasteiger partial charge in [0.25, 0.3) is 0 Å². The van der Waals surface area contributed by atoms with Gasteiger partial charge in [-0.05, 0) is 24.3 Å². The topological polar surface area (TPSA) is 65.4 Å². The Morgan fingerprint density at radius 2 is 2.08 bits per heavy atom. The van der Waals surface area contributed by atoms with Crippen LogP contribution in [0.5, 0.6) is 11.5 Å². The lowest BCUT2D eigenvalue weighted by Crippen LogP contribution is -2.15. The lowest BCUT2D eigenvalue weighted by atomic mass is 10.2. The van der Waals surface area contributed by atoms with Crippen LogP contribution in [0.1, 0.15) is 0 Å². The number of ether oxygens (including phenoxy) is 2. The third kappa shape index (κ3) is 3.71. The van der Waals surface area contributed by atoms with Gasteiger partial charge in [-0.2, -0.15) is 0 Å². The zero-order valence-corrected chi connectivity index (χ0v) is 15.1. The number of rotatable bonds is 6. The van der Waals surface area contributed by atoms with Crippen LogP contribution in [0.3, 0.4) is 0 Å². The van der Waals surface area contributed by atoms with Gasteiger partial charge in [0.1, 0.15) is 16.5 Å². The van der Waals surface area contributed by atoms with E-state index in [4.69, 9.17) is 9.47 Å². The fraction of sp³-hybridized carbons (Fsp3) is 0.222. The molecule has 1 N–H and O–H groups in total. The van der Waals surface area contributed by atoms with Crippen molar-refractivity contribution in [2.45, 2.75) is 5.03 Å². The molecule has 0 spiro atoms. The first kappa shape index (κ1) is 17.2. The number of fused-ring (bicyclic) bond motifs is 1. The van der Waals surface area contributed by atoms with Gasteiger partial charge in [0.15, 0.2) is 0 Å². The molecule has 0 atom stereocenters. The molecule has 0 aliphatic heterocycles. The average molecular weight is 357 g/mol. The predicted octanol–water partition coefficient (Wildman–Crippen LogP) is 3.32. The van der Waals surface area contributed by atoms with Gasteiger partial charge < -0.3 is 19.4 Å². The first-order valence-electron chi connectivity index (χ1n) is 7.67. The van der Waals surface area contributed by atoms with Gasteiger partial charge in [-0.1, -0.05) is 11.8 Å². The molecule has 0 saturated carbocycles. The van der Waals surface area contributed by atoms with Gasteiger partial charge in [-0.3, -0.25) is 4.79 Å². The maximum atomic E-state index is 12.3. The van der Waals surface area contributed by atoms with Crippen molar-refractivity contribution >= 4 is 34.3 Å². The lowest BCUT2D eigenvalue weighted by Gasteiger charge is -2.11. The third-order valence-electron chi connectivity index (χ3n) is 3.80. The molecule has 2 heterocycles. The molecule has 6 nitrogen and oxygen atoms in total. The van der Waals surface area contributed by atoms with Crippen LogP contribution >= 0.6 is 11.8 Å². The van der Waals surface area contributed by atoms with E-state index in [0.717, 1.165) is 15.9 Å². The summed E-state index contributed by atoms with van der Waals surface area (Å²) >= 11 is 1.41. The Morgan fingerprint density at radius 1 is 1.24 bits per heavy atom. The van der Waals surface area contributed by atoms with E-state index >= 15 is 0 Å². The molecule has 0 aliphatic rings. The van der Waals surface area contributed by atoms with Crippen LogP contribution in [0.25, 0.3) is 10.9 Å². The molecule has 0 saturated heterocycles. The highest BCUT2D eigenvalue weighted by molar-refractivity contribution is 8.00. The van der Waals surface area contributed by atoms with Crippen molar-refractivity contribution in [2.75, 3.05) is 25.3 Å². The van der Waals surface area contributed by atoms with Crippen molar-refractivity contribution < 1.29 is 14.3 Å². The molecule has 0 aliphatic carbocycles. The van der Waals surface area contributed by atoms with Crippen molar-refractivity contribution in [3.8, 4) is 11.5 Å². The van der Waals surface area contributed by atoms with Crippen LogP contribution in [0.2, 0.25) is 0 Å². The number of pyridine rings is 1. The Kier molecular flexibility index (Phi) is 5.14. The summed E-state index contributed by atoms with van der Waals surface area (Å²) in [5, 5.41) is 4.74. The monoisotopic (exact) mass is 357 g/mol. The Labute approximate surface area is 150 Å². The quantitative estimate of drug-likeness (QED) is 0.686. The number of anilines is 1. The zero-order valence-electron chi connectivity index (χ0n) is 14.3. The number of hydrogen-bond donors (Lipinski definition) is 1. The molecule has 2 aromatic heterocycles. The van der Waals surface area contributed by atoms with Gasteiger partial charge in [0, 0.05) is 30.9 Å². The Balaban J connectivity index is 1.71. The summed E-state index contributed by atoms with van der Waals surface area (Å²) in [6.45, 7) is 0. The molecule has 1 amide bonds. The number of aromatic nitrogens is 2. The second kappa shape index (κ2) is 7.48. The molecule has 0 radical (unpaired) electrons. The van der Waals surface area contributed by atoms with E-state index < -0.39 is 0 Å². The molecular weight excluding hydrogens is 338 g/mol. The predicted molar refractivity (Wildman–Crippen MR) is 99.6 cm³/mol. The lowest BCUT2D eigenvalue weighted by molar-refractivity contribution is -0.113. The fourth-order valence-corrected chi connectivity index (χ4v) is 3.33. The highest BCUT2D eigenvalue weighted by atomic mass is 32.2. The van der Waals surface area contributed by atoms with Crippen LogP contribution < -0.4 is 14.8 Å². The van der Waals surface area contributed by atoms with Crippen molar-refractivity contribution in [3.05, 3.63) is 42.7 Å². The number of hydrogen-bond acceptors (Lipinski definition) is 5. The van der Waals surface area contributed by atoms with Gasteiger partial charge >= 0.3 is 0 Å². The summed E-state index contributed by atoms with van der Waals surface area (Å²) < 4.78 is 12.5. The smallest absolute Gasteiger partial charge is 0.234 e. The summed E-state index contributed by atoms with van der Waals surface area (Å²) in [7, 11) is 5.13. The van der Waals surface area contributed by atoms with Crippen LogP contribution in [0.15, 0.2) is 47.8 Å². The van der Waals surface area contributed by atoms with E-state index in [1.54, 1.807) is 38.6 Å². The van der Waals surface area contributed by atoms with E-state index in [2.05, 4.69) is 10.3 Å². The Morgan fingerprint density at radius 3 is 2.84 bits per heavy atom. The number of carbonyl (C=O) groups excluding carboxylic acids is 1. The molecule has 3 rings (SSSR count). The maximum Gasteiger partial charge on any atom is 0.234 e. The van der Waals surface area contributed by atoms with Gasteiger partial charge in [-0.25, -0.2) is 4.98 Å². The van der Waals surface area contributed by atoms with Crippen molar-refractivity contribution in [3.63, 3.8) is 0 Å². The molecular formula is C18H19N3O3S. The van der Waals surface area contributed by atoms with Crippen LogP contribution in [-0.4, -0.2) is 35.4 Å². The van der Waals surface area contributed by atoms with Crippen LogP contribution in [-0.2, 0) is 11.8 Å². The highest BCUT2D eigenvalue weighted by Crippen LogP contribution is 2.30. The number of nitrogens with one attached hydrogen (secondary N) is 1. The Hall–Kier alpha value is -2.67. The molecule has 0 bridgehead atoms. The number of methoxy groups -OCH3 is 2. The first-order valence-corrected chi connectivity index (χ1v) is 8.65. The minimum absolute atomic E-state index is 0.133. The molecule has 0 unspecified atom stereocenters. The number of carbonyl (C=O) groups is 1. The number of nitrogens with zero attached hydrogens (tertiary/aromatic N) is 2. The number of thioether (sulfide) groups is 1. The first-order chi connectivity index (χ1) is 12.1. The van der Waals surface area contributed by atoms with E-state index in [-0.39, 0.29) is 11.7 Å². The highest BCUT2D eigenvalue weighted by Gasteiger charge is 2.12. The summed E-state index contributed by atoms with van der Waals surface area (Å²) in [5.74, 6) is 1.36. The van der Waals surface area contributed by atoms with Crippen molar-refractivity contribution in [1.82, 2.24) is 9.55 Å². The van der Waals surface area contributed by atoms with Crippen LogP contribution in [0.4, 0.5) is 5.69 Å². The molecule has 7 heteroatoms. The number of amides is 1. The molecule has 0 fully saturated rings. The van der Waals surface area contributed by atoms with Crippen molar-refractivity contribution in [2.24, 2.45) is 7.05 Å². The minimum Gasteiger partial charge on any atom is -0.497 e. The molecule has 130 valence electrons. The van der Waals surface area contributed by atoms with Crippen molar-refractivity contribution in [1.29, 1.82) is 0 Å². The van der Waals surface area contributed by atoms with Gasteiger partial charge in [-0.15, -0.1) is 0 Å². The second-order valence-electron chi connectivity index (χ2n) is 5.38. The third-order valence-corrected chi connectivity index (χ3v) is 4.80. The number of aryl methyl sites for hydroxylation is 1. The summed E-state index contributed by atoms with van der Waals surface area (Å²) in [5.41, 5.74) is 1.67. The van der Waals surface area contributed by atoms with E-state index in [9.17, 15) is 4.79 Å². The number of benzene rings is 1. The van der Waals surface area contributed by atoms with Gasteiger partial charge in [0.2, 0.25) is 5.91 Å². The second-order valence-corrected chi connectivity index (χ2v) is 6.34. The minimum atomic E-state index is -0.133. The van der Waals surface area contributed by atoms with Gasteiger partial charge in [0.05, 0.1) is 31.2 Å². The fourth-order valence-electron chi connectivity index (χ4n) is 2.52. The maximum absolute atomic E-state index is 12.3. The van der Waals surface area contributed by atoms with Crippen LogP contribution in [0, 0.1) is 0 Å². The van der Waals surface area contributed by atoms with E-state index in [0.29, 0.717) is 17.2 Å². The molecule has 25 heavy (non-hydrogen) atoms. The molecule has 1 aromatic carbocycles. The molecule has 3 aromatic rings. The summed E-state index contributed by atoms with van der Waals surface area (Å²) in [6, 6.07) is 9.24.